The van der Waals surface area contributed by atoms with Gasteiger partial charge in [0.15, 0.2) is 5.79 Å². The number of esters is 1. The van der Waals surface area contributed by atoms with E-state index >= 15 is 0 Å². The number of cyclic esters (lactones) is 1. The van der Waals surface area contributed by atoms with E-state index in [1.807, 2.05) is 46.8 Å². The molecule has 0 bridgehead atoms. The van der Waals surface area contributed by atoms with E-state index in [4.69, 9.17) is 24.5 Å². The quantitative estimate of drug-likeness (QED) is 0.169. The van der Waals surface area contributed by atoms with Crippen molar-refractivity contribution in [2.24, 2.45) is 11.0 Å². The summed E-state index contributed by atoms with van der Waals surface area (Å²) in [6.07, 6.45) is 5.42. The van der Waals surface area contributed by atoms with Gasteiger partial charge in [0.1, 0.15) is 24.1 Å². The average molecular weight is 472 g/mol. The van der Waals surface area contributed by atoms with Crippen LogP contribution in [-0.2, 0) is 14.2 Å². The van der Waals surface area contributed by atoms with Gasteiger partial charge in [0, 0.05) is 16.4 Å². The zero-order valence-electron chi connectivity index (χ0n) is 20.3. The van der Waals surface area contributed by atoms with Crippen molar-refractivity contribution in [1.82, 2.24) is 0 Å². The van der Waals surface area contributed by atoms with E-state index in [0.717, 1.165) is 5.56 Å². The molecule has 34 heavy (non-hydrogen) atoms. The Kier molecular flexibility index (Phi) is 8.38. The van der Waals surface area contributed by atoms with Crippen LogP contribution in [0.15, 0.2) is 35.5 Å². The lowest BCUT2D eigenvalue weighted by atomic mass is 9.97. The number of aliphatic hydroxyl groups is 1. The minimum absolute atomic E-state index is 0.141. The molecule has 184 valence electrons. The molecular weight excluding hydrogens is 438 g/mol. The van der Waals surface area contributed by atoms with Gasteiger partial charge in [-0.25, -0.2) is 4.79 Å². The number of fused-ring (bicyclic) bond motifs is 2. The number of benzene rings is 1. The molecule has 1 N–H and O–H groups in total. The second-order valence-electron chi connectivity index (χ2n) is 9.09. The highest BCUT2D eigenvalue weighted by atomic mass is 16.8. The number of nitrogens with zero attached hydrogens (tertiary/aromatic N) is 3. The van der Waals surface area contributed by atoms with Gasteiger partial charge in [-0.15, -0.1) is 0 Å². The molecule has 0 aliphatic carbocycles. The van der Waals surface area contributed by atoms with E-state index in [0.29, 0.717) is 23.3 Å². The van der Waals surface area contributed by atoms with Crippen molar-refractivity contribution in [2.75, 3.05) is 13.2 Å². The second-order valence-corrected chi connectivity index (χ2v) is 9.09. The molecule has 5 atom stereocenters. The summed E-state index contributed by atoms with van der Waals surface area (Å²) in [4.78, 5) is 16.0. The maximum atomic E-state index is 13.2. The predicted octanol–water partition coefficient (Wildman–Crippen LogP) is 4.72. The number of azide groups is 1. The molecule has 0 radical (unpaired) electrons. The number of ether oxygens (including phenoxy) is 4. The Bertz CT molecular complexity index is 999. The molecule has 9 heteroatoms. The topological polar surface area (TPSA) is 123 Å². The van der Waals surface area contributed by atoms with Crippen molar-refractivity contribution in [3.8, 4) is 5.75 Å². The van der Waals surface area contributed by atoms with Crippen molar-refractivity contribution >= 4 is 12.0 Å². The molecule has 1 aromatic rings. The maximum absolute atomic E-state index is 13.2. The van der Waals surface area contributed by atoms with Crippen molar-refractivity contribution in [3.63, 3.8) is 0 Å². The normalized spacial score (nSPS) is 29.7. The first-order valence-electron chi connectivity index (χ1n) is 11.5. The molecule has 0 saturated carbocycles. The third-order valence-corrected chi connectivity index (χ3v) is 5.99. The summed E-state index contributed by atoms with van der Waals surface area (Å²) in [5, 5.41) is 14.3. The fourth-order valence-corrected chi connectivity index (χ4v) is 4.06. The monoisotopic (exact) mass is 471 g/mol. The van der Waals surface area contributed by atoms with Crippen LogP contribution in [0.4, 0.5) is 0 Å². The zero-order valence-corrected chi connectivity index (χ0v) is 20.3. The lowest BCUT2D eigenvalue weighted by molar-refractivity contribution is -0.152. The van der Waals surface area contributed by atoms with Crippen LogP contribution < -0.4 is 4.74 Å². The molecule has 9 nitrogen and oxygen atoms in total. The standard InChI is InChI=1S/C25H33N3O6/c1-15-9-11-19(29)23-21(33-25(4,5)34-23)8-6-7-18-20(31-14-13-27-28-26)12-10-16(2)22(18)24(30)32-17(15)3/h6-7,9-12,15,17,19,21,23,29H,8,13-14H2,1-5H3/b7-6?,11-9-/t15-,17+,19?,21+,23-/m1/s1. The van der Waals surface area contributed by atoms with E-state index in [9.17, 15) is 9.90 Å². The molecule has 2 aliphatic rings. The van der Waals surface area contributed by atoms with Crippen LogP contribution >= 0.6 is 0 Å². The van der Waals surface area contributed by atoms with Crippen LogP contribution in [0.2, 0.25) is 0 Å². The van der Waals surface area contributed by atoms with E-state index in [1.165, 1.54) is 0 Å². The molecule has 0 amide bonds. The maximum Gasteiger partial charge on any atom is 0.339 e. The number of hydrogen-bond acceptors (Lipinski definition) is 7. The molecule has 1 unspecified atom stereocenters. The minimum Gasteiger partial charge on any atom is -0.493 e. The number of hydrogen-bond donors (Lipinski definition) is 1. The largest absolute Gasteiger partial charge is 0.493 e. The van der Waals surface area contributed by atoms with Crippen molar-refractivity contribution in [1.29, 1.82) is 0 Å². The highest BCUT2D eigenvalue weighted by Gasteiger charge is 2.43. The third-order valence-electron chi connectivity index (χ3n) is 5.99. The van der Waals surface area contributed by atoms with E-state index in [1.54, 1.807) is 24.3 Å². The number of aliphatic hydroxyl groups excluding tert-OH is 1. The van der Waals surface area contributed by atoms with Gasteiger partial charge >= 0.3 is 5.97 Å². The van der Waals surface area contributed by atoms with E-state index < -0.39 is 30.1 Å². The van der Waals surface area contributed by atoms with E-state index in [-0.39, 0.29) is 25.2 Å². The summed E-state index contributed by atoms with van der Waals surface area (Å²) in [7, 11) is 0. The molecule has 1 saturated heterocycles. The molecule has 2 heterocycles. The fourth-order valence-electron chi connectivity index (χ4n) is 4.06. The van der Waals surface area contributed by atoms with Gasteiger partial charge in [-0.2, -0.15) is 0 Å². The van der Waals surface area contributed by atoms with Crippen LogP contribution in [0.1, 0.15) is 55.6 Å². The van der Waals surface area contributed by atoms with Gasteiger partial charge in [0.2, 0.25) is 0 Å². The molecular formula is C25H33N3O6. The SMILES string of the molecule is Cc1ccc(OCCN=[N+]=[N-])c2c1C(=O)O[C@@H](C)[C@H](C)/C=C\C(O)[C@H]1OC(C)(C)O[C@H]1CC=C2. The number of rotatable bonds is 4. The summed E-state index contributed by atoms with van der Waals surface area (Å²) in [6, 6.07) is 3.58. The van der Waals surface area contributed by atoms with Crippen LogP contribution in [0, 0.1) is 12.8 Å². The molecule has 0 aromatic heterocycles. The summed E-state index contributed by atoms with van der Waals surface area (Å²) in [6.45, 7) is 9.55. The highest BCUT2D eigenvalue weighted by Crippen LogP contribution is 2.34. The minimum atomic E-state index is -0.873. The summed E-state index contributed by atoms with van der Waals surface area (Å²) < 4.78 is 23.7. The molecule has 1 aromatic carbocycles. The van der Waals surface area contributed by atoms with Crippen LogP contribution in [-0.4, -0.2) is 54.4 Å². The number of aryl methyl sites for hydroxylation is 1. The lowest BCUT2D eigenvalue weighted by Crippen LogP contribution is -2.34. The highest BCUT2D eigenvalue weighted by molar-refractivity contribution is 5.96. The molecule has 2 aliphatic heterocycles. The Hall–Kier alpha value is -2.84. The Labute approximate surface area is 200 Å². The summed E-state index contributed by atoms with van der Waals surface area (Å²) in [5.74, 6) is -0.941. The van der Waals surface area contributed by atoms with Gasteiger partial charge in [0.25, 0.3) is 0 Å². The number of carbonyl (C=O) groups excluding carboxylic acids is 1. The van der Waals surface area contributed by atoms with Crippen LogP contribution in [0.5, 0.6) is 5.75 Å². The zero-order chi connectivity index (χ0) is 24.9. The van der Waals surface area contributed by atoms with Gasteiger partial charge < -0.3 is 24.1 Å². The van der Waals surface area contributed by atoms with Gasteiger partial charge in [-0.1, -0.05) is 42.4 Å². The van der Waals surface area contributed by atoms with Gasteiger partial charge in [-0.05, 0) is 51.3 Å². The smallest absolute Gasteiger partial charge is 0.339 e. The van der Waals surface area contributed by atoms with Crippen molar-refractivity contribution in [3.05, 3.63) is 57.5 Å². The van der Waals surface area contributed by atoms with Crippen molar-refractivity contribution < 1.29 is 28.8 Å². The molecule has 1 fully saturated rings. The first-order chi connectivity index (χ1) is 16.1. The average Bonchev–Trinajstić information content (AvgIpc) is 3.09. The Morgan fingerprint density at radius 1 is 1.26 bits per heavy atom. The molecule has 0 spiro atoms. The lowest BCUT2D eigenvalue weighted by Gasteiger charge is -2.23. The van der Waals surface area contributed by atoms with Crippen LogP contribution in [0.3, 0.4) is 0 Å². The first-order valence-corrected chi connectivity index (χ1v) is 11.5. The van der Waals surface area contributed by atoms with Crippen molar-refractivity contribution in [2.45, 2.75) is 71.2 Å². The summed E-state index contributed by atoms with van der Waals surface area (Å²) in [5.41, 5.74) is 10.3. The third kappa shape index (κ3) is 6.18. The Morgan fingerprint density at radius 2 is 2.03 bits per heavy atom. The second kappa shape index (κ2) is 11.1. The predicted molar refractivity (Wildman–Crippen MR) is 127 cm³/mol. The first kappa shape index (κ1) is 25.8. The number of carbonyl (C=O) groups is 1. The Morgan fingerprint density at radius 3 is 2.76 bits per heavy atom. The summed E-state index contributed by atoms with van der Waals surface area (Å²) >= 11 is 0. The molecule has 3 rings (SSSR count). The fraction of sp³-hybridized carbons (Fsp3) is 0.560. The van der Waals surface area contributed by atoms with Crippen LogP contribution in [0.25, 0.3) is 16.5 Å². The van der Waals surface area contributed by atoms with E-state index in [2.05, 4.69) is 10.0 Å². The Balaban J connectivity index is 2.03. The van der Waals surface area contributed by atoms with Gasteiger partial charge in [-0.3, -0.25) is 0 Å². The van der Waals surface area contributed by atoms with Gasteiger partial charge in [0.05, 0.1) is 24.8 Å².